The smallest absolute Gasteiger partial charge is 0.358 e. The quantitative estimate of drug-likeness (QED) is 0.274. The number of hydrogen-bond donors (Lipinski definition) is 0. The predicted molar refractivity (Wildman–Crippen MR) is 48.9 cm³/mol. The summed E-state index contributed by atoms with van der Waals surface area (Å²) in [6, 6.07) is 0. The van der Waals surface area contributed by atoms with Crippen molar-refractivity contribution < 1.29 is 33.4 Å². The molecule has 0 amide bonds. The maximum atomic E-state index is 11.2. The molecular formula is C9H12O7. The second kappa shape index (κ2) is 6.54. The highest BCUT2D eigenvalue weighted by atomic mass is 16.6. The van der Waals surface area contributed by atoms with Crippen LogP contribution in [0.15, 0.2) is 0 Å². The molecule has 0 saturated heterocycles. The molecule has 7 heteroatoms. The molecule has 0 heterocycles. The van der Waals surface area contributed by atoms with E-state index in [9.17, 15) is 19.2 Å². The molecule has 0 aromatic rings. The maximum absolute atomic E-state index is 11.2. The molecule has 0 radical (unpaired) electrons. The Morgan fingerprint density at radius 2 is 1.56 bits per heavy atom. The second-order valence-electron chi connectivity index (χ2n) is 2.88. The zero-order chi connectivity index (χ0) is 12.7. The normalized spacial score (nSPS) is 13.2. The number of carbonyl (C=O) groups excluding carboxylic acids is 4. The van der Waals surface area contributed by atoms with Crippen molar-refractivity contribution in [3.63, 3.8) is 0 Å². The zero-order valence-corrected chi connectivity index (χ0v) is 9.09. The van der Waals surface area contributed by atoms with Crippen molar-refractivity contribution in [2.45, 2.75) is 33.0 Å². The van der Waals surface area contributed by atoms with Gasteiger partial charge in [-0.25, -0.2) is 4.79 Å². The summed E-state index contributed by atoms with van der Waals surface area (Å²) in [5, 5.41) is 0. The minimum atomic E-state index is -1.45. The van der Waals surface area contributed by atoms with Crippen LogP contribution < -0.4 is 0 Å². The first-order valence-electron chi connectivity index (χ1n) is 4.37. The van der Waals surface area contributed by atoms with Crippen LogP contribution in [-0.4, -0.2) is 36.6 Å². The zero-order valence-electron chi connectivity index (χ0n) is 9.09. The first-order valence-corrected chi connectivity index (χ1v) is 4.37. The van der Waals surface area contributed by atoms with Crippen LogP contribution in [0.4, 0.5) is 0 Å². The summed E-state index contributed by atoms with van der Waals surface area (Å²) < 4.78 is 13.2. The van der Waals surface area contributed by atoms with Crippen molar-refractivity contribution in [3.05, 3.63) is 0 Å². The Labute approximate surface area is 91.6 Å². The molecule has 0 fully saturated rings. The monoisotopic (exact) mass is 232 g/mol. The molecule has 90 valence electrons. The van der Waals surface area contributed by atoms with E-state index in [1.165, 1.54) is 6.92 Å². The SMILES string of the molecule is CC(=O)O[C@@H](C)[C@@H](OC(C)=O)C(=O)OC=O. The highest BCUT2D eigenvalue weighted by Crippen LogP contribution is 2.07. The van der Waals surface area contributed by atoms with Gasteiger partial charge >= 0.3 is 24.4 Å². The fourth-order valence-corrected chi connectivity index (χ4v) is 0.952. The van der Waals surface area contributed by atoms with Gasteiger partial charge in [0.05, 0.1) is 0 Å². The minimum absolute atomic E-state index is 0.0979. The summed E-state index contributed by atoms with van der Waals surface area (Å²) >= 11 is 0. The molecule has 0 unspecified atom stereocenters. The molecule has 0 aliphatic rings. The second-order valence-corrected chi connectivity index (χ2v) is 2.88. The van der Waals surface area contributed by atoms with Gasteiger partial charge in [0.25, 0.3) is 0 Å². The van der Waals surface area contributed by atoms with Crippen LogP contribution in [0.25, 0.3) is 0 Å². The number of esters is 3. The third-order valence-electron chi connectivity index (χ3n) is 1.47. The van der Waals surface area contributed by atoms with E-state index in [1.54, 1.807) is 0 Å². The van der Waals surface area contributed by atoms with Crippen LogP contribution in [0, 0.1) is 0 Å². The van der Waals surface area contributed by atoms with Gasteiger partial charge in [-0.1, -0.05) is 0 Å². The van der Waals surface area contributed by atoms with E-state index < -0.39 is 30.1 Å². The number of hydrogen-bond acceptors (Lipinski definition) is 7. The molecular weight excluding hydrogens is 220 g/mol. The Morgan fingerprint density at radius 1 is 1.06 bits per heavy atom. The summed E-state index contributed by atoms with van der Waals surface area (Å²) in [5.41, 5.74) is 0. The van der Waals surface area contributed by atoms with Crippen LogP contribution in [-0.2, 0) is 33.4 Å². The van der Waals surface area contributed by atoms with Crippen LogP contribution in [0.5, 0.6) is 0 Å². The topological polar surface area (TPSA) is 96.0 Å². The fraction of sp³-hybridized carbons (Fsp3) is 0.556. The van der Waals surface area contributed by atoms with Gasteiger partial charge in [0.2, 0.25) is 6.10 Å². The molecule has 0 aliphatic heterocycles. The van der Waals surface area contributed by atoms with Crippen molar-refractivity contribution in [3.8, 4) is 0 Å². The minimum Gasteiger partial charge on any atom is -0.458 e. The van der Waals surface area contributed by atoms with E-state index in [1.807, 2.05) is 0 Å². The lowest BCUT2D eigenvalue weighted by Crippen LogP contribution is -2.39. The summed E-state index contributed by atoms with van der Waals surface area (Å²) in [4.78, 5) is 42.5. The Kier molecular flexibility index (Phi) is 5.76. The van der Waals surface area contributed by atoms with E-state index in [-0.39, 0.29) is 6.47 Å². The van der Waals surface area contributed by atoms with Crippen LogP contribution >= 0.6 is 0 Å². The van der Waals surface area contributed by atoms with Gasteiger partial charge in [0.15, 0.2) is 0 Å². The van der Waals surface area contributed by atoms with Crippen LogP contribution in [0.1, 0.15) is 20.8 Å². The molecule has 0 aromatic carbocycles. The molecule has 0 bridgehead atoms. The van der Waals surface area contributed by atoms with Gasteiger partial charge in [-0.15, -0.1) is 0 Å². The molecule has 0 aromatic heterocycles. The Hall–Kier alpha value is -1.92. The van der Waals surface area contributed by atoms with Gasteiger partial charge in [0.1, 0.15) is 6.10 Å². The van der Waals surface area contributed by atoms with Gasteiger partial charge < -0.3 is 14.2 Å². The highest BCUT2D eigenvalue weighted by Gasteiger charge is 2.32. The molecule has 0 rings (SSSR count). The maximum Gasteiger partial charge on any atom is 0.358 e. The summed E-state index contributed by atoms with van der Waals surface area (Å²) in [6.07, 6.45) is -2.49. The van der Waals surface area contributed by atoms with Crippen molar-refractivity contribution in [1.29, 1.82) is 0 Å². The number of carbonyl (C=O) groups is 4. The van der Waals surface area contributed by atoms with Crippen molar-refractivity contribution in [1.82, 2.24) is 0 Å². The molecule has 0 saturated carbocycles. The summed E-state index contributed by atoms with van der Waals surface area (Å²) in [5.74, 6) is -2.51. The van der Waals surface area contributed by atoms with E-state index >= 15 is 0 Å². The summed E-state index contributed by atoms with van der Waals surface area (Å²) in [7, 11) is 0. The number of ether oxygens (including phenoxy) is 3. The lowest BCUT2D eigenvalue weighted by Gasteiger charge is -2.20. The van der Waals surface area contributed by atoms with Crippen LogP contribution in [0.2, 0.25) is 0 Å². The molecule has 0 N–H and O–H groups in total. The third-order valence-corrected chi connectivity index (χ3v) is 1.47. The molecule has 7 nitrogen and oxygen atoms in total. The average molecular weight is 232 g/mol. The molecule has 16 heavy (non-hydrogen) atoms. The summed E-state index contributed by atoms with van der Waals surface area (Å²) in [6.45, 7) is 3.44. The van der Waals surface area contributed by atoms with Gasteiger partial charge in [-0.2, -0.15) is 0 Å². The predicted octanol–water partition coefficient (Wildman–Crippen LogP) is -0.431. The first-order chi connectivity index (χ1) is 7.38. The van der Waals surface area contributed by atoms with E-state index in [4.69, 9.17) is 0 Å². The Bertz CT molecular complexity index is 296. The largest absolute Gasteiger partial charge is 0.458 e. The number of rotatable bonds is 5. The standard InChI is InChI=1S/C9H12O7/c1-5(15-6(2)11)8(16-7(3)12)9(13)14-4-10/h4-5,8H,1-3H3/t5-,8+/m0/s1. The van der Waals surface area contributed by atoms with E-state index in [0.29, 0.717) is 0 Å². The average Bonchev–Trinajstić information content (AvgIpc) is 2.12. The van der Waals surface area contributed by atoms with E-state index in [2.05, 4.69) is 14.2 Å². The van der Waals surface area contributed by atoms with Gasteiger partial charge in [-0.05, 0) is 6.92 Å². The van der Waals surface area contributed by atoms with Gasteiger partial charge in [-0.3, -0.25) is 14.4 Å². The molecule has 0 spiro atoms. The van der Waals surface area contributed by atoms with Crippen LogP contribution in [0.3, 0.4) is 0 Å². The highest BCUT2D eigenvalue weighted by molar-refractivity contribution is 5.83. The Balaban J connectivity index is 4.63. The van der Waals surface area contributed by atoms with Crippen molar-refractivity contribution in [2.75, 3.05) is 0 Å². The lowest BCUT2D eigenvalue weighted by atomic mass is 10.2. The fourth-order valence-electron chi connectivity index (χ4n) is 0.952. The molecule has 2 atom stereocenters. The Morgan fingerprint density at radius 3 is 1.94 bits per heavy atom. The van der Waals surface area contributed by atoms with Crippen molar-refractivity contribution in [2.24, 2.45) is 0 Å². The van der Waals surface area contributed by atoms with E-state index in [0.717, 1.165) is 13.8 Å². The van der Waals surface area contributed by atoms with Gasteiger partial charge in [0, 0.05) is 13.8 Å². The third kappa shape index (κ3) is 5.08. The lowest BCUT2D eigenvalue weighted by molar-refractivity contribution is -0.179. The molecule has 0 aliphatic carbocycles. The van der Waals surface area contributed by atoms with Crippen molar-refractivity contribution >= 4 is 24.4 Å². The first kappa shape index (κ1) is 14.1.